The Hall–Kier alpha value is -2.89. The topological polar surface area (TPSA) is 66.9 Å². The van der Waals surface area contributed by atoms with Gasteiger partial charge in [-0.2, -0.15) is 0 Å². The zero-order chi connectivity index (χ0) is 20.6. The molecule has 0 aromatic heterocycles. The fraction of sp³-hybridized carbons (Fsp3) is 0.435. The predicted molar refractivity (Wildman–Crippen MR) is 109 cm³/mol. The SMILES string of the molecule is COc1ccc2cc(CN(C)C(=O)CN3C(=O)CC4(CCCC4)C3=O)ccc2c1. The van der Waals surface area contributed by atoms with E-state index >= 15 is 0 Å². The van der Waals surface area contributed by atoms with E-state index in [4.69, 9.17) is 4.74 Å². The third kappa shape index (κ3) is 3.59. The summed E-state index contributed by atoms with van der Waals surface area (Å²) in [7, 11) is 3.34. The van der Waals surface area contributed by atoms with Crippen LogP contribution in [0.4, 0.5) is 0 Å². The number of hydrogen-bond acceptors (Lipinski definition) is 4. The molecule has 2 aromatic rings. The van der Waals surface area contributed by atoms with Crippen molar-refractivity contribution in [2.75, 3.05) is 20.7 Å². The van der Waals surface area contributed by atoms with E-state index in [9.17, 15) is 14.4 Å². The molecule has 0 bridgehead atoms. The molecule has 1 spiro atoms. The maximum Gasteiger partial charge on any atom is 0.242 e. The van der Waals surface area contributed by atoms with Crippen molar-refractivity contribution in [3.05, 3.63) is 42.0 Å². The van der Waals surface area contributed by atoms with Crippen molar-refractivity contribution in [3.8, 4) is 5.75 Å². The third-order valence-corrected chi connectivity index (χ3v) is 6.30. The van der Waals surface area contributed by atoms with E-state index in [1.165, 1.54) is 4.90 Å². The van der Waals surface area contributed by atoms with Crippen LogP contribution in [0.3, 0.4) is 0 Å². The molecule has 1 saturated heterocycles. The lowest BCUT2D eigenvalue weighted by Gasteiger charge is -2.23. The molecule has 0 N–H and O–H groups in total. The average Bonchev–Trinajstić information content (AvgIpc) is 3.28. The molecule has 0 atom stereocenters. The lowest BCUT2D eigenvalue weighted by molar-refractivity contribution is -0.147. The summed E-state index contributed by atoms with van der Waals surface area (Å²) < 4.78 is 5.25. The van der Waals surface area contributed by atoms with Crippen LogP contribution in [-0.2, 0) is 20.9 Å². The van der Waals surface area contributed by atoms with Crippen LogP contribution >= 0.6 is 0 Å². The van der Waals surface area contributed by atoms with Crippen LogP contribution in [0.15, 0.2) is 36.4 Å². The van der Waals surface area contributed by atoms with E-state index < -0.39 is 5.41 Å². The summed E-state index contributed by atoms with van der Waals surface area (Å²) in [6, 6.07) is 11.9. The molecule has 2 aliphatic rings. The van der Waals surface area contributed by atoms with E-state index in [1.807, 2.05) is 36.4 Å². The summed E-state index contributed by atoms with van der Waals surface area (Å²) in [5, 5.41) is 2.13. The van der Waals surface area contributed by atoms with Gasteiger partial charge in [0.05, 0.1) is 12.5 Å². The van der Waals surface area contributed by atoms with Crippen molar-refractivity contribution in [3.63, 3.8) is 0 Å². The molecule has 3 amide bonds. The summed E-state index contributed by atoms with van der Waals surface area (Å²) >= 11 is 0. The second kappa shape index (κ2) is 7.50. The number of amides is 3. The first-order valence-electron chi connectivity index (χ1n) is 10.1. The molecule has 0 radical (unpaired) electrons. The summed E-state index contributed by atoms with van der Waals surface area (Å²) in [6.45, 7) is 0.253. The van der Waals surface area contributed by atoms with Crippen molar-refractivity contribution in [1.82, 2.24) is 9.80 Å². The van der Waals surface area contributed by atoms with Gasteiger partial charge in [0.25, 0.3) is 0 Å². The molecule has 1 saturated carbocycles. The van der Waals surface area contributed by atoms with Crippen molar-refractivity contribution in [2.45, 2.75) is 38.6 Å². The van der Waals surface area contributed by atoms with Gasteiger partial charge in [-0.15, -0.1) is 0 Å². The fourth-order valence-electron chi connectivity index (χ4n) is 4.58. The highest BCUT2D eigenvalue weighted by Gasteiger charge is 2.52. The third-order valence-electron chi connectivity index (χ3n) is 6.30. The first-order chi connectivity index (χ1) is 13.9. The zero-order valence-corrected chi connectivity index (χ0v) is 16.9. The highest BCUT2D eigenvalue weighted by Crippen LogP contribution is 2.46. The van der Waals surface area contributed by atoms with Gasteiger partial charge in [-0.3, -0.25) is 19.3 Å². The Bertz CT molecular complexity index is 978. The number of nitrogens with zero attached hydrogens (tertiary/aromatic N) is 2. The molecule has 6 nitrogen and oxygen atoms in total. The largest absolute Gasteiger partial charge is 0.497 e. The van der Waals surface area contributed by atoms with Gasteiger partial charge in [0.15, 0.2) is 0 Å². The van der Waals surface area contributed by atoms with E-state index in [0.717, 1.165) is 47.8 Å². The van der Waals surface area contributed by atoms with Crippen molar-refractivity contribution in [1.29, 1.82) is 0 Å². The summed E-state index contributed by atoms with van der Waals surface area (Å²) in [4.78, 5) is 40.6. The van der Waals surface area contributed by atoms with Crippen molar-refractivity contribution < 1.29 is 19.1 Å². The van der Waals surface area contributed by atoms with Gasteiger partial charge in [0.2, 0.25) is 17.7 Å². The van der Waals surface area contributed by atoms with Gasteiger partial charge in [0, 0.05) is 20.0 Å². The number of benzene rings is 2. The lowest BCUT2D eigenvalue weighted by atomic mass is 9.84. The highest BCUT2D eigenvalue weighted by atomic mass is 16.5. The van der Waals surface area contributed by atoms with Crippen LogP contribution in [0.5, 0.6) is 5.75 Å². The zero-order valence-electron chi connectivity index (χ0n) is 16.9. The molecule has 6 heteroatoms. The normalized spacial score (nSPS) is 18.1. The Labute approximate surface area is 170 Å². The molecule has 1 aliphatic carbocycles. The van der Waals surface area contributed by atoms with Crippen LogP contribution < -0.4 is 4.74 Å². The number of likely N-dealkylation sites (tertiary alicyclic amines) is 1. The molecular weight excluding hydrogens is 368 g/mol. The van der Waals surface area contributed by atoms with Gasteiger partial charge < -0.3 is 9.64 Å². The Morgan fingerprint density at radius 2 is 1.79 bits per heavy atom. The number of fused-ring (bicyclic) bond motifs is 1. The Morgan fingerprint density at radius 1 is 1.10 bits per heavy atom. The number of carbonyl (C=O) groups is 3. The van der Waals surface area contributed by atoms with Crippen LogP contribution in [0, 0.1) is 5.41 Å². The molecule has 152 valence electrons. The highest BCUT2D eigenvalue weighted by molar-refractivity contribution is 6.08. The molecule has 1 aliphatic heterocycles. The minimum atomic E-state index is -0.532. The molecular formula is C23H26N2O4. The number of imide groups is 1. The molecule has 29 heavy (non-hydrogen) atoms. The Morgan fingerprint density at radius 3 is 2.52 bits per heavy atom. The van der Waals surface area contributed by atoms with Gasteiger partial charge in [0.1, 0.15) is 12.3 Å². The quantitative estimate of drug-likeness (QED) is 0.731. The van der Waals surface area contributed by atoms with E-state index in [-0.39, 0.29) is 30.7 Å². The number of hydrogen-bond donors (Lipinski definition) is 0. The fourth-order valence-corrected chi connectivity index (χ4v) is 4.58. The standard InChI is InChI=1S/C23H26N2O4/c1-24(14-16-5-6-18-12-19(29-2)8-7-17(18)11-16)21(27)15-25-20(26)13-23(22(25)28)9-3-4-10-23/h5-8,11-12H,3-4,9-10,13-15H2,1-2H3. The molecule has 2 aromatic carbocycles. The predicted octanol–water partition coefficient (Wildman–Crippen LogP) is 3.13. The van der Waals surface area contributed by atoms with Crippen LogP contribution in [0.2, 0.25) is 0 Å². The maximum absolute atomic E-state index is 12.8. The van der Waals surface area contributed by atoms with Crippen LogP contribution in [0.25, 0.3) is 10.8 Å². The summed E-state index contributed by atoms with van der Waals surface area (Å²) in [6.07, 6.45) is 3.75. The first kappa shape index (κ1) is 19.4. The molecule has 0 unspecified atom stereocenters. The number of likely N-dealkylation sites (N-methyl/N-ethyl adjacent to an activating group) is 1. The molecule has 4 rings (SSSR count). The van der Waals surface area contributed by atoms with E-state index in [2.05, 4.69) is 0 Å². The number of methoxy groups -OCH3 is 1. The monoisotopic (exact) mass is 394 g/mol. The number of ether oxygens (including phenoxy) is 1. The van der Waals surface area contributed by atoms with Gasteiger partial charge in [-0.25, -0.2) is 0 Å². The molecule has 2 fully saturated rings. The Balaban J connectivity index is 1.42. The first-order valence-corrected chi connectivity index (χ1v) is 10.1. The second-order valence-corrected chi connectivity index (χ2v) is 8.25. The van der Waals surface area contributed by atoms with Crippen molar-refractivity contribution in [2.24, 2.45) is 5.41 Å². The van der Waals surface area contributed by atoms with Gasteiger partial charge in [-0.1, -0.05) is 31.0 Å². The Kier molecular flexibility index (Phi) is 5.03. The minimum Gasteiger partial charge on any atom is -0.497 e. The summed E-state index contributed by atoms with van der Waals surface area (Å²) in [5.41, 5.74) is 0.458. The lowest BCUT2D eigenvalue weighted by Crippen LogP contribution is -2.42. The number of carbonyl (C=O) groups excluding carboxylic acids is 3. The average molecular weight is 394 g/mol. The van der Waals surface area contributed by atoms with Crippen LogP contribution in [-0.4, -0.2) is 48.2 Å². The van der Waals surface area contributed by atoms with E-state index in [1.54, 1.807) is 19.1 Å². The second-order valence-electron chi connectivity index (χ2n) is 8.25. The number of rotatable bonds is 5. The maximum atomic E-state index is 12.8. The van der Waals surface area contributed by atoms with Crippen LogP contribution in [0.1, 0.15) is 37.7 Å². The van der Waals surface area contributed by atoms with Gasteiger partial charge in [-0.05, 0) is 47.4 Å². The smallest absolute Gasteiger partial charge is 0.242 e. The van der Waals surface area contributed by atoms with E-state index in [0.29, 0.717) is 6.54 Å². The summed E-state index contributed by atoms with van der Waals surface area (Å²) in [5.74, 6) is 0.216. The van der Waals surface area contributed by atoms with Gasteiger partial charge >= 0.3 is 0 Å². The minimum absolute atomic E-state index is 0.151. The molecule has 1 heterocycles. The van der Waals surface area contributed by atoms with Crippen molar-refractivity contribution >= 4 is 28.5 Å².